The number of hydrogen-bond acceptors (Lipinski definition) is 6. The molecule has 1 unspecified atom stereocenters. The quantitative estimate of drug-likeness (QED) is 0.294. The number of pyridine rings is 2. The third kappa shape index (κ3) is 4.63. The Labute approximate surface area is 224 Å². The van der Waals surface area contributed by atoms with E-state index >= 15 is 8.78 Å². The van der Waals surface area contributed by atoms with Gasteiger partial charge in [0.15, 0.2) is 21.5 Å². The summed E-state index contributed by atoms with van der Waals surface area (Å²) in [5, 5.41) is 7.01. The molecule has 0 amide bonds. The van der Waals surface area contributed by atoms with Crippen LogP contribution in [-0.2, 0) is 9.84 Å². The molecule has 5 rings (SSSR count). The van der Waals surface area contributed by atoms with Gasteiger partial charge in [-0.15, -0.1) is 5.10 Å². The first-order valence-electron chi connectivity index (χ1n) is 11.6. The van der Waals surface area contributed by atoms with Crippen LogP contribution in [0.3, 0.4) is 0 Å². The topological polar surface area (TPSA) is 99.7 Å². The van der Waals surface area contributed by atoms with Crippen LogP contribution in [-0.4, -0.2) is 39.2 Å². The predicted molar refractivity (Wildman–Crippen MR) is 134 cm³/mol. The van der Waals surface area contributed by atoms with E-state index in [2.05, 4.69) is 15.3 Å². The van der Waals surface area contributed by atoms with Crippen LogP contribution in [0, 0.1) is 25.5 Å². The van der Waals surface area contributed by atoms with Crippen molar-refractivity contribution in [2.24, 2.45) is 0 Å². The van der Waals surface area contributed by atoms with Gasteiger partial charge in [0.1, 0.15) is 15.6 Å². The third-order valence-electron chi connectivity index (χ3n) is 6.68. The van der Waals surface area contributed by atoms with Gasteiger partial charge in [0.25, 0.3) is 5.56 Å². The van der Waals surface area contributed by atoms with Crippen LogP contribution >= 0.6 is 11.6 Å². The first-order chi connectivity index (χ1) is 18.3. The average Bonchev–Trinajstić information content (AvgIpc) is 3.49. The summed E-state index contributed by atoms with van der Waals surface area (Å²) in [5.41, 5.74) is -0.449. The lowest BCUT2D eigenvalue weighted by Gasteiger charge is -2.18. The minimum Gasteiger partial charge on any atom is -0.277 e. The van der Waals surface area contributed by atoms with Gasteiger partial charge in [-0.1, -0.05) is 22.9 Å². The first kappa shape index (κ1) is 27.0. The molecule has 0 radical (unpaired) electrons. The van der Waals surface area contributed by atoms with Crippen molar-refractivity contribution in [3.05, 3.63) is 86.2 Å². The van der Waals surface area contributed by atoms with E-state index in [4.69, 9.17) is 11.6 Å². The summed E-state index contributed by atoms with van der Waals surface area (Å²) in [6, 6.07) is 5.13. The van der Waals surface area contributed by atoms with Crippen LogP contribution in [0.4, 0.5) is 17.6 Å². The van der Waals surface area contributed by atoms with E-state index in [-0.39, 0.29) is 33.7 Å². The zero-order valence-electron chi connectivity index (χ0n) is 20.7. The second-order valence-electron chi connectivity index (χ2n) is 9.39. The molecule has 0 saturated heterocycles. The number of aromatic nitrogens is 5. The lowest BCUT2D eigenvalue weighted by atomic mass is 10.1. The highest BCUT2D eigenvalue weighted by molar-refractivity contribution is 7.90. The van der Waals surface area contributed by atoms with Crippen molar-refractivity contribution >= 4 is 21.4 Å². The van der Waals surface area contributed by atoms with Gasteiger partial charge in [0.05, 0.1) is 17.6 Å². The highest BCUT2D eigenvalue weighted by Crippen LogP contribution is 2.55. The molecule has 0 aliphatic heterocycles. The Morgan fingerprint density at radius 1 is 1.13 bits per heavy atom. The molecule has 1 aromatic carbocycles. The minimum absolute atomic E-state index is 0.184. The largest absolute Gasteiger partial charge is 0.334 e. The number of rotatable bonds is 6. The van der Waals surface area contributed by atoms with E-state index in [1.54, 1.807) is 13.0 Å². The molecule has 3 heterocycles. The monoisotopic (exact) mass is 581 g/mol. The fourth-order valence-electron chi connectivity index (χ4n) is 4.71. The van der Waals surface area contributed by atoms with E-state index in [0.29, 0.717) is 28.1 Å². The van der Waals surface area contributed by atoms with Crippen molar-refractivity contribution < 1.29 is 26.0 Å². The third-order valence-corrected chi connectivity index (χ3v) is 8.17. The maximum Gasteiger partial charge on any atom is 0.334 e. The lowest BCUT2D eigenvalue weighted by Crippen LogP contribution is -2.24. The molecule has 2 atom stereocenters. The molecule has 1 aliphatic carbocycles. The van der Waals surface area contributed by atoms with Crippen molar-refractivity contribution in [2.75, 3.05) is 6.26 Å². The van der Waals surface area contributed by atoms with Gasteiger partial charge in [-0.2, -0.15) is 13.5 Å². The summed E-state index contributed by atoms with van der Waals surface area (Å²) in [5.74, 6) is -2.74. The highest BCUT2D eigenvalue weighted by Gasteiger charge is 2.43. The van der Waals surface area contributed by atoms with Crippen molar-refractivity contribution in [1.29, 1.82) is 0 Å². The van der Waals surface area contributed by atoms with Gasteiger partial charge in [0.2, 0.25) is 0 Å². The molecule has 204 valence electrons. The molecule has 14 heteroatoms. The molecule has 1 aliphatic rings. The Bertz CT molecular complexity index is 1810. The summed E-state index contributed by atoms with van der Waals surface area (Å²) < 4.78 is 82.3. The molecule has 0 bridgehead atoms. The van der Waals surface area contributed by atoms with E-state index in [9.17, 15) is 22.0 Å². The van der Waals surface area contributed by atoms with Crippen LogP contribution in [0.5, 0.6) is 0 Å². The first-order valence-corrected chi connectivity index (χ1v) is 13.8. The van der Waals surface area contributed by atoms with Crippen LogP contribution in [0.25, 0.3) is 16.9 Å². The molecular formula is C25H20ClF4N5O3S. The maximum atomic E-state index is 16.0. The number of hydrogen-bond donors (Lipinski definition) is 0. The van der Waals surface area contributed by atoms with Crippen LogP contribution < -0.4 is 5.56 Å². The van der Waals surface area contributed by atoms with Crippen molar-refractivity contribution in [1.82, 2.24) is 24.5 Å². The molecule has 8 nitrogen and oxygen atoms in total. The van der Waals surface area contributed by atoms with E-state index in [1.807, 2.05) is 0 Å². The molecule has 3 aromatic heterocycles. The summed E-state index contributed by atoms with van der Waals surface area (Å²) in [4.78, 5) is 16.8. The van der Waals surface area contributed by atoms with Crippen LogP contribution in [0.1, 0.15) is 47.3 Å². The number of benzene rings is 1. The Morgan fingerprint density at radius 3 is 2.49 bits per heavy atom. The standard InChI is InChI=1S/C25H20ClF4N5O3S/c1-11-9-31-22(13-5-4-6-18(20(13)27)39(3,37)38)21(28)23(11)35-12(2)7-16(19(26)24(35)36)14-8-15(14)17-10-34(25(29)30)33-32-17/h4-7,9-10,14-15,25H,8H2,1-3H3/t14-,15?/m1/s1. The van der Waals surface area contributed by atoms with Crippen molar-refractivity contribution in [3.8, 4) is 16.9 Å². The summed E-state index contributed by atoms with van der Waals surface area (Å²) in [6.07, 6.45) is 3.73. The molecule has 39 heavy (non-hydrogen) atoms. The van der Waals surface area contributed by atoms with Gasteiger partial charge in [-0.3, -0.25) is 14.3 Å². The number of aryl methyl sites for hydroxylation is 2. The number of alkyl halides is 2. The lowest BCUT2D eigenvalue weighted by molar-refractivity contribution is 0.0546. The van der Waals surface area contributed by atoms with E-state index < -0.39 is 44.2 Å². The second kappa shape index (κ2) is 9.56. The summed E-state index contributed by atoms with van der Waals surface area (Å²) in [7, 11) is -3.95. The maximum absolute atomic E-state index is 16.0. The van der Waals surface area contributed by atoms with Crippen molar-refractivity contribution in [2.45, 2.75) is 43.5 Å². The van der Waals surface area contributed by atoms with Gasteiger partial charge in [-0.25, -0.2) is 17.2 Å². The van der Waals surface area contributed by atoms with E-state index in [0.717, 1.165) is 23.1 Å². The van der Waals surface area contributed by atoms with Crippen LogP contribution in [0.2, 0.25) is 5.02 Å². The molecule has 0 N–H and O–H groups in total. The smallest absolute Gasteiger partial charge is 0.277 e. The van der Waals surface area contributed by atoms with Crippen molar-refractivity contribution in [3.63, 3.8) is 0 Å². The fourth-order valence-corrected chi connectivity index (χ4v) is 5.75. The Kier molecular flexibility index (Phi) is 6.62. The summed E-state index contributed by atoms with van der Waals surface area (Å²) >= 11 is 6.46. The molecule has 0 spiro atoms. The second-order valence-corrected chi connectivity index (χ2v) is 11.7. The Morgan fingerprint density at radius 2 is 1.85 bits per heavy atom. The molecule has 4 aromatic rings. The SMILES string of the molecule is Cc1cnc(-c2cccc(S(C)(=O)=O)c2F)c(F)c1-n1c(C)cc([C@@H]2CC2c2cn(C(F)F)nn2)c(Cl)c1=O. The van der Waals surface area contributed by atoms with Gasteiger partial charge in [0, 0.05) is 29.6 Å². The van der Waals surface area contributed by atoms with Gasteiger partial charge < -0.3 is 0 Å². The highest BCUT2D eigenvalue weighted by atomic mass is 35.5. The van der Waals surface area contributed by atoms with E-state index in [1.165, 1.54) is 25.3 Å². The molecule has 1 saturated carbocycles. The normalized spacial score (nSPS) is 17.2. The fraction of sp³-hybridized carbons (Fsp3) is 0.280. The van der Waals surface area contributed by atoms with Gasteiger partial charge >= 0.3 is 6.55 Å². The zero-order chi connectivity index (χ0) is 28.4. The molecular weight excluding hydrogens is 562 g/mol. The van der Waals surface area contributed by atoms with Crippen LogP contribution in [0.15, 0.2) is 46.3 Å². The minimum atomic E-state index is -3.95. The number of sulfone groups is 1. The summed E-state index contributed by atoms with van der Waals surface area (Å²) in [6.45, 7) is 0.245. The Balaban J connectivity index is 1.59. The predicted octanol–water partition coefficient (Wildman–Crippen LogP) is 5.11. The average molecular weight is 582 g/mol. The number of nitrogens with zero attached hydrogens (tertiary/aromatic N) is 5. The molecule has 1 fully saturated rings. The number of halogens is 5. The Hall–Kier alpha value is -3.58. The van der Waals surface area contributed by atoms with Gasteiger partial charge in [-0.05, 0) is 55.5 Å². The zero-order valence-corrected chi connectivity index (χ0v) is 22.2.